The van der Waals surface area contributed by atoms with Crippen LogP contribution in [0.4, 0.5) is 0 Å². The average Bonchev–Trinajstić information content (AvgIpc) is 2.87. The molecule has 0 aromatic heterocycles. The van der Waals surface area contributed by atoms with Gasteiger partial charge in [-0.3, -0.25) is 4.79 Å². The molecule has 1 saturated carbocycles. The highest BCUT2D eigenvalue weighted by atomic mass is 32.2. The Bertz CT molecular complexity index is 542. The molecule has 0 aliphatic heterocycles. The molecule has 0 spiro atoms. The number of sulfonamides is 2. The van der Waals surface area contributed by atoms with E-state index >= 15 is 0 Å². The van der Waals surface area contributed by atoms with Gasteiger partial charge in [0.05, 0.1) is 24.0 Å². The average molecular weight is 328 g/mol. The molecule has 0 amide bonds. The summed E-state index contributed by atoms with van der Waals surface area (Å²) >= 11 is 0. The summed E-state index contributed by atoms with van der Waals surface area (Å²) in [5.41, 5.74) is 0. The van der Waals surface area contributed by atoms with Crippen LogP contribution in [0.1, 0.15) is 19.3 Å². The largest absolute Gasteiger partial charge is 0.469 e. The molecule has 0 radical (unpaired) electrons. The van der Waals surface area contributed by atoms with Gasteiger partial charge in [-0.2, -0.15) is 0 Å². The number of rotatable bonds is 7. The Labute approximate surface area is 119 Å². The van der Waals surface area contributed by atoms with E-state index in [1.165, 1.54) is 14.2 Å². The Morgan fingerprint density at radius 2 is 1.90 bits per heavy atom. The zero-order chi connectivity index (χ0) is 15.4. The monoisotopic (exact) mass is 328 g/mol. The summed E-state index contributed by atoms with van der Waals surface area (Å²) < 4.78 is 55.6. The predicted octanol–water partition coefficient (Wildman–Crippen LogP) is -1.20. The molecule has 8 nitrogen and oxygen atoms in total. The number of hydrogen-bond donors (Lipinski definition) is 2. The van der Waals surface area contributed by atoms with Crippen LogP contribution in [-0.2, 0) is 29.6 Å². The zero-order valence-corrected chi connectivity index (χ0v) is 13.1. The van der Waals surface area contributed by atoms with Gasteiger partial charge in [0.25, 0.3) is 0 Å². The molecule has 118 valence electrons. The SMILES string of the molecule is CNS(=O)(=O)CCNS(=O)(=O)C1CCCC1C(=O)OC. The van der Waals surface area contributed by atoms with Crippen LogP contribution in [0.25, 0.3) is 0 Å². The van der Waals surface area contributed by atoms with Crippen LogP contribution in [0.2, 0.25) is 0 Å². The molecular formula is C10H20N2O6S2. The van der Waals surface area contributed by atoms with Crippen molar-refractivity contribution in [1.82, 2.24) is 9.44 Å². The lowest BCUT2D eigenvalue weighted by atomic mass is 10.1. The van der Waals surface area contributed by atoms with Crippen molar-refractivity contribution in [2.75, 3.05) is 26.5 Å². The van der Waals surface area contributed by atoms with Gasteiger partial charge in [0.1, 0.15) is 0 Å². The van der Waals surface area contributed by atoms with Gasteiger partial charge in [0.2, 0.25) is 20.0 Å². The summed E-state index contributed by atoms with van der Waals surface area (Å²) in [5.74, 6) is -1.57. The highest BCUT2D eigenvalue weighted by Crippen LogP contribution is 2.31. The highest BCUT2D eigenvalue weighted by Gasteiger charge is 2.42. The number of carbonyl (C=O) groups excluding carboxylic acids is 1. The molecule has 0 bridgehead atoms. The molecular weight excluding hydrogens is 308 g/mol. The normalized spacial score (nSPS) is 23.7. The van der Waals surface area contributed by atoms with Gasteiger partial charge < -0.3 is 4.74 Å². The number of methoxy groups -OCH3 is 1. The lowest BCUT2D eigenvalue weighted by Gasteiger charge is -2.18. The van der Waals surface area contributed by atoms with Crippen LogP contribution >= 0.6 is 0 Å². The number of ether oxygens (including phenoxy) is 1. The smallest absolute Gasteiger partial charge is 0.310 e. The molecule has 0 saturated heterocycles. The molecule has 0 heterocycles. The van der Waals surface area contributed by atoms with E-state index in [0.717, 1.165) is 0 Å². The Balaban J connectivity index is 2.67. The van der Waals surface area contributed by atoms with Gasteiger partial charge in [-0.15, -0.1) is 0 Å². The minimum absolute atomic E-state index is 0.226. The molecule has 10 heteroatoms. The number of hydrogen-bond acceptors (Lipinski definition) is 6. The first kappa shape index (κ1) is 17.3. The topological polar surface area (TPSA) is 119 Å². The van der Waals surface area contributed by atoms with Crippen molar-refractivity contribution >= 4 is 26.0 Å². The van der Waals surface area contributed by atoms with Crippen LogP contribution in [0.3, 0.4) is 0 Å². The predicted molar refractivity (Wildman–Crippen MR) is 72.9 cm³/mol. The second kappa shape index (κ2) is 6.83. The van der Waals surface area contributed by atoms with E-state index < -0.39 is 37.2 Å². The van der Waals surface area contributed by atoms with Gasteiger partial charge in [0, 0.05) is 6.54 Å². The van der Waals surface area contributed by atoms with E-state index in [2.05, 4.69) is 14.2 Å². The third kappa shape index (κ3) is 4.40. The molecule has 1 aliphatic carbocycles. The molecule has 1 fully saturated rings. The maximum absolute atomic E-state index is 12.1. The van der Waals surface area contributed by atoms with Gasteiger partial charge in [0.15, 0.2) is 0 Å². The third-order valence-corrected chi connectivity index (χ3v) is 6.67. The van der Waals surface area contributed by atoms with E-state index in [1.54, 1.807) is 0 Å². The number of esters is 1. The van der Waals surface area contributed by atoms with E-state index in [0.29, 0.717) is 19.3 Å². The number of nitrogens with one attached hydrogen (secondary N) is 2. The van der Waals surface area contributed by atoms with Gasteiger partial charge in [-0.05, 0) is 19.9 Å². The second-order valence-electron chi connectivity index (χ2n) is 4.56. The van der Waals surface area contributed by atoms with Gasteiger partial charge in [-0.25, -0.2) is 26.3 Å². The van der Waals surface area contributed by atoms with Crippen LogP contribution < -0.4 is 9.44 Å². The maximum Gasteiger partial charge on any atom is 0.310 e. The van der Waals surface area contributed by atoms with Crippen molar-refractivity contribution in [2.45, 2.75) is 24.5 Å². The number of carbonyl (C=O) groups is 1. The van der Waals surface area contributed by atoms with Gasteiger partial charge in [-0.1, -0.05) is 6.42 Å². The van der Waals surface area contributed by atoms with Crippen LogP contribution in [0, 0.1) is 5.92 Å². The second-order valence-corrected chi connectivity index (χ2v) is 8.59. The molecule has 0 aromatic carbocycles. The Morgan fingerprint density at radius 1 is 1.25 bits per heavy atom. The van der Waals surface area contributed by atoms with Crippen LogP contribution in [0.15, 0.2) is 0 Å². The fourth-order valence-electron chi connectivity index (χ4n) is 2.25. The van der Waals surface area contributed by atoms with Crippen molar-refractivity contribution in [1.29, 1.82) is 0 Å². The molecule has 0 aromatic rings. The summed E-state index contributed by atoms with van der Waals surface area (Å²) in [6, 6.07) is 0. The first-order chi connectivity index (χ1) is 9.23. The van der Waals surface area contributed by atoms with Crippen molar-refractivity contribution in [2.24, 2.45) is 5.92 Å². The summed E-state index contributed by atoms with van der Waals surface area (Å²) in [5, 5.41) is -0.854. The van der Waals surface area contributed by atoms with Crippen molar-refractivity contribution in [3.63, 3.8) is 0 Å². The van der Waals surface area contributed by atoms with Crippen molar-refractivity contribution in [3.05, 3.63) is 0 Å². The van der Waals surface area contributed by atoms with E-state index in [4.69, 9.17) is 0 Å². The summed E-state index contributed by atoms with van der Waals surface area (Å²) in [6.07, 6.45) is 1.46. The molecule has 20 heavy (non-hydrogen) atoms. The minimum atomic E-state index is -3.74. The van der Waals surface area contributed by atoms with Crippen LogP contribution in [0.5, 0.6) is 0 Å². The first-order valence-corrected chi connectivity index (χ1v) is 9.41. The van der Waals surface area contributed by atoms with Crippen molar-refractivity contribution in [3.8, 4) is 0 Å². The van der Waals surface area contributed by atoms with Gasteiger partial charge >= 0.3 is 5.97 Å². The van der Waals surface area contributed by atoms with E-state index in [1.807, 2.05) is 0 Å². The highest BCUT2D eigenvalue weighted by molar-refractivity contribution is 7.90. The standard InChI is InChI=1S/C10H20N2O6S2/c1-11-19(14,15)7-6-12-20(16,17)9-5-3-4-8(9)10(13)18-2/h8-9,11-12H,3-7H2,1-2H3. The molecule has 2 unspecified atom stereocenters. The molecule has 2 N–H and O–H groups in total. The summed E-state index contributed by atoms with van der Waals surface area (Å²) in [7, 11) is -4.73. The molecule has 1 rings (SSSR count). The lowest BCUT2D eigenvalue weighted by molar-refractivity contribution is -0.145. The lowest BCUT2D eigenvalue weighted by Crippen LogP contribution is -2.41. The Morgan fingerprint density at radius 3 is 2.45 bits per heavy atom. The Hall–Kier alpha value is -0.710. The van der Waals surface area contributed by atoms with Crippen LogP contribution in [-0.4, -0.2) is 54.5 Å². The fraction of sp³-hybridized carbons (Fsp3) is 0.900. The maximum atomic E-state index is 12.1. The first-order valence-electron chi connectivity index (χ1n) is 6.21. The minimum Gasteiger partial charge on any atom is -0.469 e. The third-order valence-electron chi connectivity index (χ3n) is 3.34. The molecule has 2 atom stereocenters. The van der Waals surface area contributed by atoms with E-state index in [9.17, 15) is 21.6 Å². The van der Waals surface area contributed by atoms with E-state index in [-0.39, 0.29) is 12.3 Å². The zero-order valence-electron chi connectivity index (χ0n) is 11.5. The summed E-state index contributed by atoms with van der Waals surface area (Å²) in [4.78, 5) is 11.5. The Kier molecular flexibility index (Phi) is 5.92. The quantitative estimate of drug-likeness (QED) is 0.567. The molecule has 1 aliphatic rings. The fourth-order valence-corrected chi connectivity index (χ4v) is 4.71. The summed E-state index contributed by atoms with van der Waals surface area (Å²) in [6.45, 7) is -0.226. The van der Waals surface area contributed by atoms with Crippen molar-refractivity contribution < 1.29 is 26.4 Å².